The first-order chi connectivity index (χ1) is 11.1. The van der Waals surface area contributed by atoms with Crippen LogP contribution in [0, 0.1) is 6.92 Å². The molecule has 3 aromatic rings. The van der Waals surface area contributed by atoms with Crippen molar-refractivity contribution in [1.82, 2.24) is 19.9 Å². The highest BCUT2D eigenvalue weighted by Crippen LogP contribution is 2.18. The molecule has 3 aromatic heterocycles. The average Bonchev–Trinajstić information content (AvgIpc) is 3.14. The van der Waals surface area contributed by atoms with Crippen molar-refractivity contribution in [2.75, 3.05) is 0 Å². The molecule has 0 atom stereocenters. The van der Waals surface area contributed by atoms with Crippen LogP contribution in [0.3, 0.4) is 0 Å². The van der Waals surface area contributed by atoms with Gasteiger partial charge in [0.15, 0.2) is 0 Å². The molecule has 0 aliphatic heterocycles. The van der Waals surface area contributed by atoms with Gasteiger partial charge >= 0.3 is 0 Å². The lowest BCUT2D eigenvalue weighted by molar-refractivity contribution is -0.121. The van der Waals surface area contributed by atoms with Gasteiger partial charge in [-0.3, -0.25) is 14.2 Å². The van der Waals surface area contributed by atoms with E-state index in [0.717, 1.165) is 22.0 Å². The molecule has 1 amide bonds. The molecule has 3 heterocycles. The average molecular weight is 348 g/mol. The summed E-state index contributed by atoms with van der Waals surface area (Å²) in [5, 5.41) is 5.67. The summed E-state index contributed by atoms with van der Waals surface area (Å²) in [4.78, 5) is 34.0. The summed E-state index contributed by atoms with van der Waals surface area (Å²) in [6.07, 6.45) is 2.26. The van der Waals surface area contributed by atoms with Crippen LogP contribution in [0.2, 0.25) is 0 Å². The second-order valence-electron chi connectivity index (χ2n) is 5.05. The maximum atomic E-state index is 12.2. The minimum absolute atomic E-state index is 0.0289. The number of aromatic nitrogens is 3. The molecule has 3 rings (SSSR count). The van der Waals surface area contributed by atoms with Gasteiger partial charge in [-0.2, -0.15) is 0 Å². The number of nitrogens with one attached hydrogen (secondary N) is 1. The van der Waals surface area contributed by atoms with E-state index in [9.17, 15) is 9.59 Å². The molecular formula is C15H16N4O2S2. The largest absolute Gasteiger partial charge is 0.350 e. The lowest BCUT2D eigenvalue weighted by atomic mass is 10.3. The Labute approximate surface area is 140 Å². The van der Waals surface area contributed by atoms with Crippen LogP contribution in [0.4, 0.5) is 0 Å². The highest BCUT2D eigenvalue weighted by molar-refractivity contribution is 7.17. The number of rotatable bonds is 5. The molecule has 120 valence electrons. The van der Waals surface area contributed by atoms with E-state index in [1.54, 1.807) is 17.4 Å². The van der Waals surface area contributed by atoms with Crippen molar-refractivity contribution in [2.24, 2.45) is 0 Å². The van der Waals surface area contributed by atoms with Crippen LogP contribution in [0.1, 0.15) is 22.5 Å². The Kier molecular flexibility index (Phi) is 4.53. The second-order valence-corrected chi connectivity index (χ2v) is 7.25. The van der Waals surface area contributed by atoms with Gasteiger partial charge in [0.1, 0.15) is 11.2 Å². The molecule has 0 saturated heterocycles. The van der Waals surface area contributed by atoms with Crippen molar-refractivity contribution in [2.45, 2.75) is 33.4 Å². The standard InChI is InChI=1S/C15H16N4O2S2/c1-3-10-12(23-9(2)18-10)6-16-13(20)7-19-8-17-11-4-5-22-14(11)15(19)21/h4-5,8H,3,6-7H2,1-2H3,(H,16,20). The molecule has 0 fully saturated rings. The molecule has 0 bridgehead atoms. The molecule has 0 saturated carbocycles. The predicted molar refractivity (Wildman–Crippen MR) is 92.0 cm³/mol. The van der Waals surface area contributed by atoms with E-state index in [-0.39, 0.29) is 18.0 Å². The van der Waals surface area contributed by atoms with Crippen molar-refractivity contribution in [3.05, 3.63) is 43.7 Å². The van der Waals surface area contributed by atoms with Gasteiger partial charge in [0.05, 0.1) is 29.1 Å². The number of carbonyl (C=O) groups excluding carboxylic acids is 1. The van der Waals surface area contributed by atoms with E-state index in [1.807, 2.05) is 19.2 Å². The maximum Gasteiger partial charge on any atom is 0.271 e. The van der Waals surface area contributed by atoms with Crippen LogP contribution < -0.4 is 10.9 Å². The van der Waals surface area contributed by atoms with E-state index in [0.29, 0.717) is 16.8 Å². The van der Waals surface area contributed by atoms with Crippen molar-refractivity contribution in [1.29, 1.82) is 0 Å². The number of thiazole rings is 1. The molecule has 1 N–H and O–H groups in total. The SMILES string of the molecule is CCc1nc(C)sc1CNC(=O)Cn1cnc2ccsc2c1=O. The quantitative estimate of drug-likeness (QED) is 0.766. The van der Waals surface area contributed by atoms with Gasteiger partial charge in [-0.1, -0.05) is 6.92 Å². The number of nitrogens with zero attached hydrogens (tertiary/aromatic N) is 3. The Morgan fingerprint density at radius 3 is 3.04 bits per heavy atom. The fourth-order valence-electron chi connectivity index (χ4n) is 2.31. The second kappa shape index (κ2) is 6.59. The molecule has 0 unspecified atom stereocenters. The number of thiophene rings is 1. The molecule has 0 aliphatic rings. The molecule has 6 nitrogen and oxygen atoms in total. The van der Waals surface area contributed by atoms with E-state index in [1.165, 1.54) is 22.2 Å². The van der Waals surface area contributed by atoms with Crippen LogP contribution in [0.15, 0.2) is 22.6 Å². The van der Waals surface area contributed by atoms with Crippen molar-refractivity contribution < 1.29 is 4.79 Å². The normalized spacial score (nSPS) is 11.0. The predicted octanol–water partition coefficient (Wildman–Crippen LogP) is 2.10. The molecule has 0 spiro atoms. The summed E-state index contributed by atoms with van der Waals surface area (Å²) in [5.74, 6) is -0.210. The first kappa shape index (κ1) is 15.8. The first-order valence-corrected chi connectivity index (χ1v) is 8.92. The molecule has 0 aromatic carbocycles. The summed E-state index contributed by atoms with van der Waals surface area (Å²) in [6, 6.07) is 1.80. The number of aryl methyl sites for hydroxylation is 2. The lowest BCUT2D eigenvalue weighted by Crippen LogP contribution is -2.31. The van der Waals surface area contributed by atoms with Crippen LogP contribution in [0.25, 0.3) is 10.2 Å². The van der Waals surface area contributed by atoms with E-state index < -0.39 is 0 Å². The van der Waals surface area contributed by atoms with Crippen LogP contribution in [-0.4, -0.2) is 20.4 Å². The monoisotopic (exact) mass is 348 g/mol. The van der Waals surface area contributed by atoms with Gasteiger partial charge in [0, 0.05) is 4.88 Å². The van der Waals surface area contributed by atoms with Crippen LogP contribution in [0.5, 0.6) is 0 Å². The Morgan fingerprint density at radius 1 is 1.43 bits per heavy atom. The number of carbonyl (C=O) groups is 1. The summed E-state index contributed by atoms with van der Waals surface area (Å²) < 4.78 is 1.92. The Hall–Kier alpha value is -2.06. The third kappa shape index (κ3) is 3.32. The molecule has 0 radical (unpaired) electrons. The van der Waals surface area contributed by atoms with Gasteiger partial charge < -0.3 is 5.32 Å². The van der Waals surface area contributed by atoms with Gasteiger partial charge in [-0.05, 0) is 24.8 Å². The molecule has 0 aliphatic carbocycles. The van der Waals surface area contributed by atoms with Gasteiger partial charge in [0.2, 0.25) is 5.91 Å². The zero-order valence-electron chi connectivity index (χ0n) is 12.8. The fraction of sp³-hybridized carbons (Fsp3) is 0.333. The maximum absolute atomic E-state index is 12.2. The number of hydrogen-bond donors (Lipinski definition) is 1. The van der Waals surface area contributed by atoms with Gasteiger partial charge in [-0.25, -0.2) is 9.97 Å². The third-order valence-electron chi connectivity index (χ3n) is 3.42. The Bertz CT molecular complexity index is 910. The summed E-state index contributed by atoms with van der Waals surface area (Å²) in [7, 11) is 0. The van der Waals surface area contributed by atoms with Crippen LogP contribution >= 0.6 is 22.7 Å². The highest BCUT2D eigenvalue weighted by Gasteiger charge is 2.11. The van der Waals surface area contributed by atoms with Crippen molar-refractivity contribution in [3.8, 4) is 0 Å². The summed E-state index contributed by atoms with van der Waals surface area (Å²) in [6.45, 7) is 4.41. The van der Waals surface area contributed by atoms with E-state index in [2.05, 4.69) is 15.3 Å². The van der Waals surface area contributed by atoms with Crippen LogP contribution in [-0.2, 0) is 24.3 Å². The molecule has 23 heavy (non-hydrogen) atoms. The number of hydrogen-bond acceptors (Lipinski definition) is 6. The zero-order chi connectivity index (χ0) is 16.4. The van der Waals surface area contributed by atoms with Gasteiger partial charge in [0.25, 0.3) is 5.56 Å². The topological polar surface area (TPSA) is 76.9 Å². The molecule has 8 heteroatoms. The first-order valence-electron chi connectivity index (χ1n) is 7.23. The summed E-state index contributed by atoms with van der Waals surface area (Å²) >= 11 is 2.93. The van der Waals surface area contributed by atoms with Gasteiger partial charge in [-0.15, -0.1) is 22.7 Å². The van der Waals surface area contributed by atoms with Crippen molar-refractivity contribution in [3.63, 3.8) is 0 Å². The summed E-state index contributed by atoms with van der Waals surface area (Å²) in [5.41, 5.74) is 1.51. The zero-order valence-corrected chi connectivity index (χ0v) is 14.5. The Balaban J connectivity index is 1.69. The number of fused-ring (bicyclic) bond motifs is 1. The smallest absolute Gasteiger partial charge is 0.271 e. The molecular weight excluding hydrogens is 332 g/mol. The Morgan fingerprint density at radius 2 is 2.26 bits per heavy atom. The highest BCUT2D eigenvalue weighted by atomic mass is 32.1. The minimum atomic E-state index is -0.210. The number of amides is 1. The minimum Gasteiger partial charge on any atom is -0.350 e. The lowest BCUT2D eigenvalue weighted by Gasteiger charge is -2.07. The third-order valence-corrected chi connectivity index (χ3v) is 5.32. The fourth-order valence-corrected chi connectivity index (χ4v) is 4.06. The van der Waals surface area contributed by atoms with Crippen molar-refractivity contribution >= 4 is 38.8 Å². The van der Waals surface area contributed by atoms with E-state index in [4.69, 9.17) is 0 Å². The van der Waals surface area contributed by atoms with E-state index >= 15 is 0 Å².